The maximum absolute atomic E-state index is 13.8. The van der Waals surface area contributed by atoms with E-state index in [0.717, 1.165) is 11.1 Å². The van der Waals surface area contributed by atoms with Gasteiger partial charge in [-0.3, -0.25) is 9.59 Å². The van der Waals surface area contributed by atoms with Crippen LogP contribution in [0.25, 0.3) is 0 Å². The van der Waals surface area contributed by atoms with Crippen molar-refractivity contribution in [3.63, 3.8) is 0 Å². The second-order valence-electron chi connectivity index (χ2n) is 9.22. The number of benzene rings is 2. The van der Waals surface area contributed by atoms with Crippen LogP contribution in [0.15, 0.2) is 55.1 Å². The van der Waals surface area contributed by atoms with Crippen LogP contribution in [0.3, 0.4) is 0 Å². The summed E-state index contributed by atoms with van der Waals surface area (Å²) in [4.78, 5) is 33.8. The van der Waals surface area contributed by atoms with Crippen LogP contribution in [0.1, 0.15) is 46.2 Å². The maximum atomic E-state index is 13.8. The van der Waals surface area contributed by atoms with Crippen molar-refractivity contribution in [2.24, 2.45) is 5.92 Å². The zero-order valence-electron chi connectivity index (χ0n) is 19.5. The third-order valence-electron chi connectivity index (χ3n) is 6.65. The molecule has 10 heteroatoms. The molecule has 3 heterocycles. The van der Waals surface area contributed by atoms with Gasteiger partial charge in [0.2, 0.25) is 11.8 Å². The molecule has 0 radical (unpaired) electrons. The minimum Gasteiger partial charge on any atom is -0.457 e. The van der Waals surface area contributed by atoms with E-state index in [1.807, 2.05) is 55.6 Å². The summed E-state index contributed by atoms with van der Waals surface area (Å²) in [6.45, 7) is 3.83. The molecule has 0 spiro atoms. The lowest BCUT2D eigenvalue weighted by Gasteiger charge is -2.37. The standard InChI is InChI=1S/C26H23F3N4O3/c1-13-3-5-16-20(7-13)36-21-8-14(2)4-6-17(21)22(16)32-24(34)19-9-18(15-10-30-12-31-11-15)23(26(27,28)29)33-25(19)35/h3-8,10-12,18-19,22-23H,9H2,1-2H3,(H,32,34)(H,33,35). The third-order valence-corrected chi connectivity index (χ3v) is 6.65. The Morgan fingerprint density at radius 2 is 1.61 bits per heavy atom. The van der Waals surface area contributed by atoms with Crippen molar-refractivity contribution in [1.29, 1.82) is 0 Å². The summed E-state index contributed by atoms with van der Waals surface area (Å²) in [6.07, 6.45) is -1.27. The molecule has 1 aromatic heterocycles. The largest absolute Gasteiger partial charge is 0.457 e. The van der Waals surface area contributed by atoms with Gasteiger partial charge < -0.3 is 15.4 Å². The number of hydrogen-bond donors (Lipinski definition) is 2. The monoisotopic (exact) mass is 496 g/mol. The molecule has 0 aliphatic carbocycles. The van der Waals surface area contributed by atoms with Crippen LogP contribution in [-0.2, 0) is 9.59 Å². The molecule has 7 nitrogen and oxygen atoms in total. The normalized spacial score (nSPS) is 21.6. The zero-order chi connectivity index (χ0) is 25.6. The summed E-state index contributed by atoms with van der Waals surface area (Å²) in [5.74, 6) is -3.03. The summed E-state index contributed by atoms with van der Waals surface area (Å²) in [5.41, 5.74) is 3.52. The number of piperidine rings is 1. The van der Waals surface area contributed by atoms with E-state index >= 15 is 0 Å². The van der Waals surface area contributed by atoms with Gasteiger partial charge in [0, 0.05) is 29.4 Å². The Balaban J connectivity index is 1.47. The van der Waals surface area contributed by atoms with Gasteiger partial charge >= 0.3 is 6.18 Å². The number of ether oxygens (including phenoxy) is 1. The minimum absolute atomic E-state index is 0.199. The Bertz CT molecular complexity index is 1280. The lowest BCUT2D eigenvalue weighted by atomic mass is 9.79. The molecule has 2 aliphatic heterocycles. The molecule has 2 aromatic carbocycles. The van der Waals surface area contributed by atoms with Gasteiger partial charge in [0.25, 0.3) is 0 Å². The molecule has 2 amide bonds. The predicted octanol–water partition coefficient (Wildman–Crippen LogP) is 4.26. The van der Waals surface area contributed by atoms with Crippen molar-refractivity contribution < 1.29 is 27.5 Å². The molecule has 1 saturated heterocycles. The fraction of sp³-hybridized carbons (Fsp3) is 0.308. The molecule has 3 unspecified atom stereocenters. The van der Waals surface area contributed by atoms with E-state index in [4.69, 9.17) is 4.74 Å². The van der Waals surface area contributed by atoms with Gasteiger partial charge in [-0.1, -0.05) is 24.3 Å². The van der Waals surface area contributed by atoms with Gasteiger partial charge in [-0.15, -0.1) is 0 Å². The summed E-state index contributed by atoms with van der Waals surface area (Å²) >= 11 is 0. The second-order valence-corrected chi connectivity index (χ2v) is 9.22. The maximum Gasteiger partial charge on any atom is 0.409 e. The topological polar surface area (TPSA) is 93.2 Å². The van der Waals surface area contributed by atoms with Gasteiger partial charge in [-0.25, -0.2) is 9.97 Å². The van der Waals surface area contributed by atoms with E-state index in [2.05, 4.69) is 15.3 Å². The lowest BCUT2D eigenvalue weighted by molar-refractivity contribution is -0.175. The first kappa shape index (κ1) is 23.8. The molecular weight excluding hydrogens is 473 g/mol. The molecule has 1 fully saturated rings. The highest BCUT2D eigenvalue weighted by Crippen LogP contribution is 2.44. The SMILES string of the molecule is Cc1ccc2c(c1)Oc1cc(C)ccc1C2NC(=O)C1CC(c2cncnc2)C(C(F)(F)F)NC1=O. The number of carbonyl (C=O) groups is 2. The quantitative estimate of drug-likeness (QED) is 0.529. The highest BCUT2D eigenvalue weighted by atomic mass is 19.4. The lowest BCUT2D eigenvalue weighted by Crippen LogP contribution is -2.58. The van der Waals surface area contributed by atoms with Crippen LogP contribution < -0.4 is 15.4 Å². The summed E-state index contributed by atoms with van der Waals surface area (Å²) in [6, 6.07) is 8.37. The first-order chi connectivity index (χ1) is 17.1. The van der Waals surface area contributed by atoms with E-state index in [0.29, 0.717) is 22.6 Å². The predicted molar refractivity (Wildman–Crippen MR) is 123 cm³/mol. The van der Waals surface area contributed by atoms with E-state index in [-0.39, 0.29) is 12.0 Å². The molecular formula is C26H23F3N4O3. The number of aryl methyl sites for hydroxylation is 2. The van der Waals surface area contributed by atoms with Crippen LogP contribution >= 0.6 is 0 Å². The Hall–Kier alpha value is -3.95. The number of hydrogen-bond acceptors (Lipinski definition) is 5. The summed E-state index contributed by atoms with van der Waals surface area (Å²) in [7, 11) is 0. The molecule has 0 bridgehead atoms. The highest BCUT2D eigenvalue weighted by molar-refractivity contribution is 6.01. The van der Waals surface area contributed by atoms with Gasteiger partial charge in [-0.2, -0.15) is 13.2 Å². The molecule has 2 aliphatic rings. The van der Waals surface area contributed by atoms with E-state index < -0.39 is 41.9 Å². The van der Waals surface area contributed by atoms with Crippen LogP contribution in [0.2, 0.25) is 0 Å². The zero-order valence-corrected chi connectivity index (χ0v) is 19.5. The van der Waals surface area contributed by atoms with E-state index in [1.54, 1.807) is 0 Å². The summed E-state index contributed by atoms with van der Waals surface area (Å²) in [5, 5.41) is 4.93. The van der Waals surface area contributed by atoms with E-state index in [1.165, 1.54) is 18.7 Å². The number of halogens is 3. The number of aromatic nitrogens is 2. The number of carbonyl (C=O) groups excluding carboxylic acids is 2. The van der Waals surface area contributed by atoms with Crippen molar-refractivity contribution in [3.8, 4) is 11.5 Å². The molecule has 3 atom stereocenters. The Morgan fingerprint density at radius 1 is 1.03 bits per heavy atom. The van der Waals surface area contributed by atoms with Crippen LogP contribution in [0.5, 0.6) is 11.5 Å². The Morgan fingerprint density at radius 3 is 2.17 bits per heavy atom. The average molecular weight is 496 g/mol. The van der Waals surface area contributed by atoms with Crippen molar-refractivity contribution in [1.82, 2.24) is 20.6 Å². The third kappa shape index (κ3) is 4.38. The Kier molecular flexibility index (Phi) is 5.89. The van der Waals surface area contributed by atoms with Gasteiger partial charge in [0.05, 0.1) is 6.04 Å². The number of rotatable bonds is 3. The first-order valence-corrected chi connectivity index (χ1v) is 11.4. The molecule has 36 heavy (non-hydrogen) atoms. The summed E-state index contributed by atoms with van der Waals surface area (Å²) < 4.78 is 47.4. The fourth-order valence-corrected chi connectivity index (χ4v) is 4.84. The van der Waals surface area contributed by atoms with Crippen LogP contribution in [-0.4, -0.2) is 34.0 Å². The first-order valence-electron chi connectivity index (χ1n) is 11.4. The van der Waals surface area contributed by atoms with Gasteiger partial charge in [0.1, 0.15) is 29.8 Å². The van der Waals surface area contributed by atoms with Crippen molar-refractivity contribution >= 4 is 11.8 Å². The van der Waals surface area contributed by atoms with Crippen LogP contribution in [0, 0.1) is 19.8 Å². The van der Waals surface area contributed by atoms with Crippen LogP contribution in [0.4, 0.5) is 13.2 Å². The molecule has 2 N–H and O–H groups in total. The number of amides is 2. The highest BCUT2D eigenvalue weighted by Gasteiger charge is 2.52. The van der Waals surface area contributed by atoms with Crippen molar-refractivity contribution in [2.45, 2.75) is 44.4 Å². The molecule has 3 aromatic rings. The van der Waals surface area contributed by atoms with Crippen molar-refractivity contribution in [2.75, 3.05) is 0 Å². The molecule has 0 saturated carbocycles. The number of nitrogens with one attached hydrogen (secondary N) is 2. The van der Waals surface area contributed by atoms with Crippen molar-refractivity contribution in [3.05, 3.63) is 82.9 Å². The second kappa shape index (κ2) is 8.92. The average Bonchev–Trinajstić information content (AvgIpc) is 2.83. The Labute approximate surface area is 205 Å². The fourth-order valence-electron chi connectivity index (χ4n) is 4.84. The van der Waals surface area contributed by atoms with Gasteiger partial charge in [-0.05, 0) is 49.1 Å². The number of fused-ring (bicyclic) bond motifs is 2. The molecule has 186 valence electrons. The van der Waals surface area contributed by atoms with E-state index in [9.17, 15) is 22.8 Å². The minimum atomic E-state index is -4.70. The van der Waals surface area contributed by atoms with Gasteiger partial charge in [0.15, 0.2) is 0 Å². The molecule has 5 rings (SSSR count). The number of nitrogens with zero attached hydrogens (tertiary/aromatic N) is 2. The smallest absolute Gasteiger partial charge is 0.409 e. The number of alkyl halides is 3.